The molecule has 0 aliphatic heterocycles. The number of nitrogens with zero attached hydrogens (tertiary/aromatic N) is 3. The lowest BCUT2D eigenvalue weighted by molar-refractivity contribution is 1.03. The molecule has 2 aromatic rings. The fraction of sp³-hybridized carbons (Fsp3) is 0.267. The molecule has 0 amide bonds. The van der Waals surface area contributed by atoms with Gasteiger partial charge in [-0.05, 0) is 37.6 Å². The van der Waals surface area contributed by atoms with E-state index < -0.39 is 0 Å². The summed E-state index contributed by atoms with van der Waals surface area (Å²) in [6.07, 6.45) is 1.75. The van der Waals surface area contributed by atoms with E-state index in [-0.39, 0.29) is 0 Å². The van der Waals surface area contributed by atoms with Gasteiger partial charge in [0, 0.05) is 25.0 Å². The van der Waals surface area contributed by atoms with E-state index in [1.807, 2.05) is 38.1 Å². The van der Waals surface area contributed by atoms with Crippen LogP contribution in [0, 0.1) is 25.2 Å². The van der Waals surface area contributed by atoms with E-state index in [1.54, 1.807) is 6.20 Å². The van der Waals surface area contributed by atoms with Crippen LogP contribution in [-0.2, 0) is 0 Å². The fourth-order valence-corrected chi connectivity index (χ4v) is 1.94. The Kier molecular flexibility index (Phi) is 4.51. The maximum absolute atomic E-state index is 9.17. The molecule has 0 radical (unpaired) electrons. The first-order valence-electron chi connectivity index (χ1n) is 6.48. The fourth-order valence-electron chi connectivity index (χ4n) is 1.94. The van der Waals surface area contributed by atoms with Gasteiger partial charge in [0.05, 0.1) is 5.56 Å². The van der Waals surface area contributed by atoms with Crippen molar-refractivity contribution in [1.82, 2.24) is 9.97 Å². The third-order valence-corrected chi connectivity index (χ3v) is 2.84. The first-order chi connectivity index (χ1) is 9.70. The summed E-state index contributed by atoms with van der Waals surface area (Å²) in [6, 6.07) is 9.83. The maximum Gasteiger partial charge on any atom is 0.144 e. The van der Waals surface area contributed by atoms with Crippen LogP contribution >= 0.6 is 0 Å². The lowest BCUT2D eigenvalue weighted by Gasteiger charge is -2.11. The highest BCUT2D eigenvalue weighted by Crippen LogP contribution is 2.17. The van der Waals surface area contributed by atoms with Crippen molar-refractivity contribution in [3.63, 3.8) is 0 Å². The average Bonchev–Trinajstić information content (AvgIpc) is 2.44. The topological polar surface area (TPSA) is 73.6 Å². The molecule has 0 aliphatic carbocycles. The molecule has 2 rings (SSSR count). The number of nitriles is 1. The summed E-state index contributed by atoms with van der Waals surface area (Å²) in [5.41, 5.74) is 2.45. The number of pyridine rings is 2. The van der Waals surface area contributed by atoms with Crippen molar-refractivity contribution in [3.8, 4) is 6.07 Å². The molecule has 20 heavy (non-hydrogen) atoms. The van der Waals surface area contributed by atoms with Gasteiger partial charge in [-0.25, -0.2) is 9.97 Å². The van der Waals surface area contributed by atoms with Crippen LogP contribution in [0.2, 0.25) is 0 Å². The van der Waals surface area contributed by atoms with Gasteiger partial charge in [-0.2, -0.15) is 5.26 Å². The first kappa shape index (κ1) is 13.8. The summed E-state index contributed by atoms with van der Waals surface area (Å²) in [7, 11) is 0. The van der Waals surface area contributed by atoms with Gasteiger partial charge in [-0.3, -0.25) is 0 Å². The molecule has 0 aliphatic rings. The van der Waals surface area contributed by atoms with Crippen LogP contribution in [0.4, 0.5) is 11.6 Å². The van der Waals surface area contributed by atoms with E-state index in [0.29, 0.717) is 24.5 Å². The van der Waals surface area contributed by atoms with Crippen LogP contribution in [0.5, 0.6) is 0 Å². The van der Waals surface area contributed by atoms with E-state index in [4.69, 9.17) is 5.26 Å². The molecule has 0 saturated carbocycles. The van der Waals surface area contributed by atoms with Gasteiger partial charge in [0.1, 0.15) is 17.7 Å². The van der Waals surface area contributed by atoms with Gasteiger partial charge in [0.25, 0.3) is 0 Å². The van der Waals surface area contributed by atoms with Crippen molar-refractivity contribution in [2.24, 2.45) is 0 Å². The quantitative estimate of drug-likeness (QED) is 0.814. The highest BCUT2D eigenvalue weighted by atomic mass is 15.0. The van der Waals surface area contributed by atoms with Crippen LogP contribution < -0.4 is 10.6 Å². The number of aryl methyl sites for hydroxylation is 2. The van der Waals surface area contributed by atoms with E-state index in [2.05, 4.69) is 26.7 Å². The number of aromatic nitrogens is 2. The monoisotopic (exact) mass is 267 g/mol. The molecule has 5 nitrogen and oxygen atoms in total. The minimum absolute atomic E-state index is 0.605. The third kappa shape index (κ3) is 3.45. The molecule has 0 fully saturated rings. The first-order valence-corrected chi connectivity index (χ1v) is 6.48. The molecule has 0 atom stereocenters. The van der Waals surface area contributed by atoms with Crippen LogP contribution in [0.25, 0.3) is 0 Å². The van der Waals surface area contributed by atoms with E-state index in [9.17, 15) is 0 Å². The molecule has 5 heteroatoms. The zero-order chi connectivity index (χ0) is 14.4. The van der Waals surface area contributed by atoms with Crippen LogP contribution in [0.15, 0.2) is 30.5 Å². The number of hydrogen-bond acceptors (Lipinski definition) is 5. The summed E-state index contributed by atoms with van der Waals surface area (Å²) < 4.78 is 0. The van der Waals surface area contributed by atoms with Crippen molar-refractivity contribution in [2.75, 3.05) is 23.7 Å². The second kappa shape index (κ2) is 6.53. The Bertz CT molecular complexity index is 616. The van der Waals surface area contributed by atoms with Crippen molar-refractivity contribution in [1.29, 1.82) is 5.26 Å². The van der Waals surface area contributed by atoms with E-state index in [0.717, 1.165) is 17.1 Å². The molecule has 0 unspecified atom stereocenters. The lowest BCUT2D eigenvalue weighted by atomic mass is 10.1. The summed E-state index contributed by atoms with van der Waals surface area (Å²) in [5, 5.41) is 15.6. The normalized spacial score (nSPS) is 9.85. The van der Waals surface area contributed by atoms with Crippen molar-refractivity contribution in [2.45, 2.75) is 13.8 Å². The Morgan fingerprint density at radius 3 is 2.70 bits per heavy atom. The zero-order valence-electron chi connectivity index (χ0n) is 11.6. The van der Waals surface area contributed by atoms with E-state index >= 15 is 0 Å². The summed E-state index contributed by atoms with van der Waals surface area (Å²) >= 11 is 0. The Morgan fingerprint density at radius 2 is 2.00 bits per heavy atom. The number of rotatable bonds is 5. The van der Waals surface area contributed by atoms with Gasteiger partial charge in [-0.15, -0.1) is 0 Å². The highest BCUT2D eigenvalue weighted by Gasteiger charge is 2.07. The molecule has 2 heterocycles. The van der Waals surface area contributed by atoms with Crippen molar-refractivity contribution >= 4 is 11.6 Å². The number of nitrogens with one attached hydrogen (secondary N) is 2. The number of anilines is 2. The second-order valence-corrected chi connectivity index (χ2v) is 4.48. The van der Waals surface area contributed by atoms with E-state index in [1.165, 1.54) is 0 Å². The zero-order valence-corrected chi connectivity index (χ0v) is 11.6. The Balaban J connectivity index is 1.93. The van der Waals surface area contributed by atoms with Gasteiger partial charge in [0.15, 0.2) is 0 Å². The van der Waals surface area contributed by atoms with Crippen molar-refractivity contribution < 1.29 is 0 Å². The molecule has 2 N–H and O–H groups in total. The maximum atomic E-state index is 9.17. The Morgan fingerprint density at radius 1 is 1.20 bits per heavy atom. The van der Waals surface area contributed by atoms with Crippen LogP contribution in [0.1, 0.15) is 16.8 Å². The lowest BCUT2D eigenvalue weighted by Crippen LogP contribution is -2.16. The average molecular weight is 267 g/mol. The standard InChI is InChI=1S/C15H17N5/c1-11-9-12(2)20-15(13(11)10-16)19-8-7-18-14-5-3-4-6-17-14/h3-6,9H,7-8H2,1-2H3,(H,17,18)(H,19,20). The molecule has 0 saturated heterocycles. The minimum atomic E-state index is 0.605. The minimum Gasteiger partial charge on any atom is -0.368 e. The largest absolute Gasteiger partial charge is 0.368 e. The van der Waals surface area contributed by atoms with Gasteiger partial charge >= 0.3 is 0 Å². The molecule has 102 valence electrons. The molecule has 2 aromatic heterocycles. The second-order valence-electron chi connectivity index (χ2n) is 4.48. The summed E-state index contributed by atoms with van der Waals surface area (Å²) in [6.45, 7) is 5.22. The van der Waals surface area contributed by atoms with Gasteiger partial charge in [-0.1, -0.05) is 6.07 Å². The smallest absolute Gasteiger partial charge is 0.144 e. The predicted molar refractivity (Wildman–Crippen MR) is 79.6 cm³/mol. The van der Waals surface area contributed by atoms with Crippen molar-refractivity contribution in [3.05, 3.63) is 47.3 Å². The van der Waals surface area contributed by atoms with Gasteiger partial charge in [0.2, 0.25) is 0 Å². The summed E-state index contributed by atoms with van der Waals surface area (Å²) in [5.74, 6) is 1.48. The third-order valence-electron chi connectivity index (χ3n) is 2.84. The Labute approximate surface area is 118 Å². The molecule has 0 aromatic carbocycles. The van der Waals surface area contributed by atoms with Gasteiger partial charge < -0.3 is 10.6 Å². The SMILES string of the molecule is Cc1cc(C)c(C#N)c(NCCNc2ccccn2)n1. The predicted octanol–water partition coefficient (Wildman–Crippen LogP) is 2.49. The molecular formula is C15H17N5. The molecule has 0 spiro atoms. The Hall–Kier alpha value is -2.61. The molecular weight excluding hydrogens is 250 g/mol. The molecule has 0 bridgehead atoms. The number of hydrogen-bond donors (Lipinski definition) is 2. The summed E-state index contributed by atoms with van der Waals surface area (Å²) in [4.78, 5) is 8.55. The highest BCUT2D eigenvalue weighted by molar-refractivity contribution is 5.56. The van der Waals surface area contributed by atoms with Crippen LogP contribution in [0.3, 0.4) is 0 Å². The van der Waals surface area contributed by atoms with Crippen LogP contribution in [-0.4, -0.2) is 23.1 Å².